The number of rotatable bonds is 11. The number of phosphoric ester groups is 1. The molecule has 0 aromatic carbocycles. The third kappa shape index (κ3) is 9.97. The molecule has 0 saturated carbocycles. The fraction of sp³-hybridized carbons (Fsp3) is 0.882. The lowest BCUT2D eigenvalue weighted by atomic mass is 9.98. The van der Waals surface area contributed by atoms with Crippen LogP contribution in [0.4, 0.5) is 4.39 Å². The highest BCUT2D eigenvalue weighted by Crippen LogP contribution is 2.50. The zero-order valence-electron chi connectivity index (χ0n) is 18.1. The van der Waals surface area contributed by atoms with Crippen molar-refractivity contribution in [2.45, 2.75) is 60.4 Å². The summed E-state index contributed by atoms with van der Waals surface area (Å²) in [5.41, 5.74) is -1.71. The van der Waals surface area contributed by atoms with E-state index in [-0.39, 0.29) is 0 Å². The van der Waals surface area contributed by atoms with E-state index in [0.717, 1.165) is 14.0 Å². The van der Waals surface area contributed by atoms with Gasteiger partial charge in [0.25, 0.3) is 5.85 Å². The molecule has 0 fully saturated rings. The van der Waals surface area contributed by atoms with Crippen LogP contribution in [0.3, 0.4) is 0 Å². The first-order chi connectivity index (χ1) is 13.0. The number of aliphatic hydroxyl groups is 1. The molecule has 0 radical (unpaired) electrons. The molecule has 0 rings (SSSR count). The third-order valence-electron chi connectivity index (χ3n) is 3.41. The number of ether oxygens (including phenoxy) is 3. The first-order valence-corrected chi connectivity index (χ1v) is 10.2. The van der Waals surface area contributed by atoms with Crippen molar-refractivity contribution in [3.05, 3.63) is 0 Å². The number of carbonyl (C=O) groups is 2. The second-order valence-electron chi connectivity index (χ2n) is 8.24. The zero-order chi connectivity index (χ0) is 23.1. The van der Waals surface area contributed by atoms with Gasteiger partial charge in [0.05, 0.1) is 10.8 Å². The fourth-order valence-corrected chi connectivity index (χ4v) is 2.27. The number of methoxy groups -OCH3 is 1. The molecule has 12 heteroatoms. The molecule has 0 heterocycles. The van der Waals surface area contributed by atoms with Crippen molar-refractivity contribution in [2.24, 2.45) is 10.8 Å². The molecule has 10 nitrogen and oxygen atoms in total. The summed E-state index contributed by atoms with van der Waals surface area (Å²) in [7, 11) is -3.60. The summed E-state index contributed by atoms with van der Waals surface area (Å²) in [6.45, 7) is 7.93. The Kier molecular flexibility index (Phi) is 10.4. The summed E-state index contributed by atoms with van der Waals surface area (Å²) in [5.74, 6) is -4.04. The van der Waals surface area contributed by atoms with Crippen LogP contribution in [0.25, 0.3) is 0 Å². The molecular weight excluding hydrogens is 414 g/mol. The Labute approximate surface area is 170 Å². The Morgan fingerprint density at radius 2 is 1.31 bits per heavy atom. The van der Waals surface area contributed by atoms with Crippen LogP contribution in [0.1, 0.15) is 48.5 Å². The highest BCUT2D eigenvalue weighted by Gasteiger charge is 2.41. The quantitative estimate of drug-likeness (QED) is 0.287. The van der Waals surface area contributed by atoms with Gasteiger partial charge in [0, 0.05) is 7.11 Å². The molecule has 0 bridgehead atoms. The number of halogens is 1. The molecular formula is C17H32FO10P. The summed E-state index contributed by atoms with van der Waals surface area (Å²) in [6, 6.07) is 0. The van der Waals surface area contributed by atoms with Gasteiger partial charge in [0.2, 0.25) is 13.6 Å². The molecule has 0 saturated heterocycles. The van der Waals surface area contributed by atoms with E-state index >= 15 is 0 Å². The summed E-state index contributed by atoms with van der Waals surface area (Å²) in [5, 5.41) is 9.45. The molecule has 0 aliphatic heterocycles. The van der Waals surface area contributed by atoms with Crippen LogP contribution >= 0.6 is 7.82 Å². The number of esters is 2. The van der Waals surface area contributed by atoms with E-state index in [9.17, 15) is 23.7 Å². The molecule has 0 aromatic heterocycles. The number of phosphoric acid groups is 1. The highest BCUT2D eigenvalue weighted by atomic mass is 31.2. The van der Waals surface area contributed by atoms with E-state index in [0.29, 0.717) is 0 Å². The van der Waals surface area contributed by atoms with Crippen molar-refractivity contribution in [3.8, 4) is 0 Å². The van der Waals surface area contributed by atoms with Gasteiger partial charge in [-0.3, -0.25) is 14.1 Å². The molecule has 0 amide bonds. The topological polar surface area (TPSA) is 127 Å². The minimum atomic E-state index is -4.57. The predicted octanol–water partition coefficient (Wildman–Crippen LogP) is 2.93. The smallest absolute Gasteiger partial charge is 0.437 e. The largest absolute Gasteiger partial charge is 0.480 e. The molecule has 0 aromatic rings. The lowest BCUT2D eigenvalue weighted by Crippen LogP contribution is -2.42. The zero-order valence-corrected chi connectivity index (χ0v) is 19.0. The van der Waals surface area contributed by atoms with Gasteiger partial charge >= 0.3 is 19.8 Å². The van der Waals surface area contributed by atoms with Crippen LogP contribution in [0, 0.1) is 10.8 Å². The van der Waals surface area contributed by atoms with Gasteiger partial charge in [-0.25, -0.2) is 18.0 Å². The molecule has 0 unspecified atom stereocenters. The Hall–Kier alpha value is -1.10. The van der Waals surface area contributed by atoms with Crippen molar-refractivity contribution >= 4 is 19.8 Å². The lowest BCUT2D eigenvalue weighted by Gasteiger charge is -2.28. The second kappa shape index (κ2) is 10.8. The van der Waals surface area contributed by atoms with E-state index in [1.54, 1.807) is 41.5 Å². The first-order valence-electron chi connectivity index (χ1n) is 8.77. The van der Waals surface area contributed by atoms with Crippen LogP contribution in [0.15, 0.2) is 0 Å². The lowest BCUT2D eigenvalue weighted by molar-refractivity contribution is -0.206. The number of carbonyl (C=O) groups excluding carboxylic acids is 2. The van der Waals surface area contributed by atoms with Crippen LogP contribution in [-0.4, -0.2) is 56.3 Å². The first kappa shape index (κ1) is 27.9. The number of hydrogen-bond donors (Lipinski definition) is 1. The van der Waals surface area contributed by atoms with Gasteiger partial charge in [0.1, 0.15) is 12.7 Å². The van der Waals surface area contributed by atoms with Gasteiger partial charge < -0.3 is 19.3 Å². The van der Waals surface area contributed by atoms with Crippen molar-refractivity contribution in [2.75, 3.05) is 27.3 Å². The Morgan fingerprint density at radius 3 is 1.59 bits per heavy atom. The molecule has 0 aliphatic rings. The molecule has 0 spiro atoms. The molecule has 29 heavy (non-hydrogen) atoms. The second-order valence-corrected chi connectivity index (χ2v) is 9.91. The number of aliphatic hydroxyl groups excluding tert-OH is 1. The average molecular weight is 446 g/mol. The third-order valence-corrected chi connectivity index (χ3v) is 4.70. The van der Waals surface area contributed by atoms with Gasteiger partial charge in [-0.15, -0.1) is 0 Å². The van der Waals surface area contributed by atoms with E-state index in [2.05, 4.69) is 4.74 Å². The normalized spacial score (nSPS) is 16.1. The minimum Gasteiger partial charge on any atom is -0.437 e. The van der Waals surface area contributed by atoms with Crippen LogP contribution < -0.4 is 0 Å². The molecule has 1 N–H and O–H groups in total. The summed E-state index contributed by atoms with van der Waals surface area (Å²) < 4.78 is 55.8. The fourth-order valence-electron chi connectivity index (χ4n) is 1.35. The van der Waals surface area contributed by atoms with Crippen LogP contribution in [0.5, 0.6) is 0 Å². The Balaban J connectivity index is 5.09. The average Bonchev–Trinajstić information content (AvgIpc) is 2.57. The highest BCUT2D eigenvalue weighted by molar-refractivity contribution is 7.48. The monoisotopic (exact) mass is 446 g/mol. The summed E-state index contributed by atoms with van der Waals surface area (Å²) in [6.07, 6.45) is -1.64. The van der Waals surface area contributed by atoms with Gasteiger partial charge in [-0.05, 0) is 48.5 Å². The van der Waals surface area contributed by atoms with Gasteiger partial charge in [-0.1, -0.05) is 0 Å². The standard InChI is InChI=1S/C17H32FO10P/c1-12(19)17(18,23-8)9-26-29(22,27-10-24-13(20)15(2,3)4)28-11-25-14(21)16(5,6)7/h12,19H,9-11H2,1-8H3/t12-,17+/m0/s1. The van der Waals surface area contributed by atoms with Gasteiger partial charge in [-0.2, -0.15) is 0 Å². The summed E-state index contributed by atoms with van der Waals surface area (Å²) in [4.78, 5) is 23.5. The van der Waals surface area contributed by atoms with E-state index in [4.69, 9.17) is 23.0 Å². The maximum Gasteiger partial charge on any atom is 0.480 e. The summed E-state index contributed by atoms with van der Waals surface area (Å²) >= 11 is 0. The SMILES string of the molecule is CO[C@](F)(COP(=O)(OCOC(=O)C(C)(C)C)OCOC(=O)C(C)(C)C)[C@H](C)O. The minimum absolute atomic E-state index is 0.663. The maximum atomic E-state index is 14.4. The molecule has 172 valence electrons. The van der Waals surface area contributed by atoms with Crippen molar-refractivity contribution < 1.29 is 51.4 Å². The Morgan fingerprint density at radius 1 is 0.931 bits per heavy atom. The predicted molar refractivity (Wildman–Crippen MR) is 99.1 cm³/mol. The van der Waals surface area contributed by atoms with Gasteiger partial charge in [0.15, 0.2) is 0 Å². The molecule has 2 atom stereocenters. The van der Waals surface area contributed by atoms with E-state index in [1.807, 2.05) is 0 Å². The maximum absolute atomic E-state index is 14.4. The van der Waals surface area contributed by atoms with Crippen molar-refractivity contribution in [3.63, 3.8) is 0 Å². The van der Waals surface area contributed by atoms with E-state index in [1.165, 1.54) is 0 Å². The number of alkyl halides is 1. The van der Waals surface area contributed by atoms with Crippen molar-refractivity contribution in [1.29, 1.82) is 0 Å². The van der Waals surface area contributed by atoms with Crippen LogP contribution in [0.2, 0.25) is 0 Å². The van der Waals surface area contributed by atoms with Crippen molar-refractivity contribution in [1.82, 2.24) is 0 Å². The Bertz CT molecular complexity index is 560. The van der Waals surface area contributed by atoms with E-state index < -0.39 is 62.7 Å². The molecule has 0 aliphatic carbocycles. The van der Waals surface area contributed by atoms with Crippen LogP contribution in [-0.2, 0) is 41.9 Å². The number of hydrogen-bond acceptors (Lipinski definition) is 10.